The fourth-order valence-electron chi connectivity index (χ4n) is 2.20. The van der Waals surface area contributed by atoms with E-state index in [0.29, 0.717) is 5.56 Å². The zero-order chi connectivity index (χ0) is 19.8. The molecule has 0 saturated heterocycles. The fraction of sp³-hybridized carbons (Fsp3) is 0.125. The Kier molecular flexibility index (Phi) is 4.82. The molecular formula is C16H12F3N3O3S2. The number of alkyl halides is 3. The van der Waals surface area contributed by atoms with Crippen LogP contribution in [-0.2, 0) is 16.2 Å². The summed E-state index contributed by atoms with van der Waals surface area (Å²) in [6.07, 6.45) is -4.57. The van der Waals surface area contributed by atoms with Crippen molar-refractivity contribution in [1.82, 2.24) is 10.2 Å². The minimum Gasteiger partial charge on any atom is -0.295 e. The summed E-state index contributed by atoms with van der Waals surface area (Å²) in [7, 11) is -3.97. The molecule has 142 valence electrons. The first kappa shape index (κ1) is 19.1. The highest BCUT2D eigenvalue weighted by Crippen LogP contribution is 2.34. The second-order valence-corrected chi connectivity index (χ2v) is 8.52. The topological polar surface area (TPSA) is 91.9 Å². The number of thiophene rings is 1. The zero-order valence-corrected chi connectivity index (χ0v) is 15.3. The smallest absolute Gasteiger partial charge is 0.295 e. The SMILES string of the molecule is CC(=O)c1cccc(NS(=O)(=O)c2ccc(-c3cc(C(F)(F)F)[nH]n3)s2)c1. The van der Waals surface area contributed by atoms with Gasteiger partial charge in [0.1, 0.15) is 15.6 Å². The number of ketones is 1. The Labute approximate surface area is 156 Å². The quantitative estimate of drug-likeness (QED) is 0.612. The summed E-state index contributed by atoms with van der Waals surface area (Å²) < 4.78 is 65.2. The third-order valence-corrected chi connectivity index (χ3v) is 6.48. The number of halogens is 3. The lowest BCUT2D eigenvalue weighted by Crippen LogP contribution is -2.11. The lowest BCUT2D eigenvalue weighted by atomic mass is 10.1. The van der Waals surface area contributed by atoms with E-state index in [-0.39, 0.29) is 26.3 Å². The molecule has 6 nitrogen and oxygen atoms in total. The number of rotatable bonds is 5. The van der Waals surface area contributed by atoms with Gasteiger partial charge in [-0.25, -0.2) is 8.42 Å². The number of hydrogen-bond acceptors (Lipinski definition) is 5. The molecule has 0 aliphatic heterocycles. The number of H-pyrrole nitrogens is 1. The van der Waals surface area contributed by atoms with E-state index in [1.165, 1.54) is 37.3 Å². The standard InChI is InChI=1S/C16H12F3N3O3S2/c1-9(23)10-3-2-4-11(7-10)22-27(24,25)15-6-5-13(26-15)12-8-14(21-20-12)16(17,18)19/h2-8,22H,1H3,(H,20,21). The predicted octanol–water partition coefficient (Wildman–Crippen LogP) is 4.16. The van der Waals surface area contributed by atoms with Crippen molar-refractivity contribution in [3.63, 3.8) is 0 Å². The van der Waals surface area contributed by atoms with Crippen molar-refractivity contribution in [2.24, 2.45) is 0 Å². The largest absolute Gasteiger partial charge is 0.432 e. The van der Waals surface area contributed by atoms with Crippen LogP contribution in [0.3, 0.4) is 0 Å². The first-order valence-electron chi connectivity index (χ1n) is 7.43. The number of anilines is 1. The van der Waals surface area contributed by atoms with Gasteiger partial charge in [-0.2, -0.15) is 18.3 Å². The average molecular weight is 415 g/mol. The molecule has 0 saturated carbocycles. The predicted molar refractivity (Wildman–Crippen MR) is 94.2 cm³/mol. The van der Waals surface area contributed by atoms with Crippen LogP contribution in [0.25, 0.3) is 10.6 Å². The third-order valence-electron chi connectivity index (χ3n) is 3.50. The van der Waals surface area contributed by atoms with E-state index in [2.05, 4.69) is 9.82 Å². The maximum absolute atomic E-state index is 12.6. The van der Waals surface area contributed by atoms with Crippen LogP contribution in [-0.4, -0.2) is 24.4 Å². The normalized spacial score (nSPS) is 12.1. The Bertz CT molecular complexity index is 1100. The molecule has 3 aromatic rings. The lowest BCUT2D eigenvalue weighted by molar-refractivity contribution is -0.141. The molecule has 0 aliphatic carbocycles. The number of hydrogen-bond donors (Lipinski definition) is 2. The van der Waals surface area contributed by atoms with Crippen molar-refractivity contribution >= 4 is 32.8 Å². The Balaban J connectivity index is 1.86. The Morgan fingerprint density at radius 1 is 1.19 bits per heavy atom. The number of sulfonamides is 1. The molecule has 2 heterocycles. The average Bonchev–Trinajstić information content (AvgIpc) is 3.23. The van der Waals surface area contributed by atoms with Crippen LogP contribution in [0.1, 0.15) is 23.0 Å². The lowest BCUT2D eigenvalue weighted by Gasteiger charge is -2.07. The van der Waals surface area contributed by atoms with Gasteiger partial charge in [0.15, 0.2) is 5.78 Å². The first-order chi connectivity index (χ1) is 12.6. The second kappa shape index (κ2) is 6.82. The van der Waals surface area contributed by atoms with E-state index in [1.54, 1.807) is 6.07 Å². The van der Waals surface area contributed by atoms with Gasteiger partial charge in [-0.1, -0.05) is 12.1 Å². The molecule has 11 heteroatoms. The molecule has 0 spiro atoms. The minimum absolute atomic E-state index is 0.00708. The highest BCUT2D eigenvalue weighted by Gasteiger charge is 2.33. The summed E-state index contributed by atoms with van der Waals surface area (Å²) in [6, 6.07) is 9.45. The van der Waals surface area contributed by atoms with E-state index >= 15 is 0 Å². The van der Waals surface area contributed by atoms with Gasteiger partial charge in [0, 0.05) is 11.3 Å². The van der Waals surface area contributed by atoms with Gasteiger partial charge in [0.25, 0.3) is 10.0 Å². The molecule has 0 aliphatic rings. The molecule has 2 aromatic heterocycles. The van der Waals surface area contributed by atoms with Gasteiger partial charge >= 0.3 is 6.18 Å². The van der Waals surface area contributed by atoms with Gasteiger partial charge in [-0.3, -0.25) is 14.6 Å². The molecule has 2 N–H and O–H groups in total. The third kappa shape index (κ3) is 4.19. The van der Waals surface area contributed by atoms with E-state index in [0.717, 1.165) is 17.4 Å². The highest BCUT2D eigenvalue weighted by atomic mass is 32.2. The number of Topliss-reactive ketones (excluding diaryl/α,β-unsaturated/α-hetero) is 1. The molecule has 0 radical (unpaired) electrons. The fourth-order valence-corrected chi connectivity index (χ4v) is 4.52. The van der Waals surface area contributed by atoms with Crippen molar-refractivity contribution < 1.29 is 26.4 Å². The number of nitrogens with one attached hydrogen (secondary N) is 2. The summed E-state index contributed by atoms with van der Waals surface area (Å²) in [5.74, 6) is -0.214. The van der Waals surface area contributed by atoms with E-state index in [1.807, 2.05) is 5.10 Å². The Hall–Kier alpha value is -2.66. The first-order valence-corrected chi connectivity index (χ1v) is 9.73. The van der Waals surface area contributed by atoms with Crippen molar-refractivity contribution in [2.75, 3.05) is 4.72 Å². The number of aromatic nitrogens is 2. The van der Waals surface area contributed by atoms with Gasteiger partial charge in [-0.15, -0.1) is 11.3 Å². The van der Waals surface area contributed by atoms with Gasteiger partial charge in [0.2, 0.25) is 0 Å². The van der Waals surface area contributed by atoms with Crippen molar-refractivity contribution in [3.05, 3.63) is 53.7 Å². The van der Waals surface area contributed by atoms with E-state index < -0.39 is 21.9 Å². The monoisotopic (exact) mass is 415 g/mol. The van der Waals surface area contributed by atoms with Crippen LogP contribution in [0.15, 0.2) is 46.7 Å². The Morgan fingerprint density at radius 2 is 1.93 bits per heavy atom. The van der Waals surface area contributed by atoms with Crippen molar-refractivity contribution in [1.29, 1.82) is 0 Å². The van der Waals surface area contributed by atoms with Crippen LogP contribution in [0.2, 0.25) is 0 Å². The summed E-state index contributed by atoms with van der Waals surface area (Å²) >= 11 is 0.779. The van der Waals surface area contributed by atoms with Crippen molar-refractivity contribution in [3.8, 4) is 10.6 Å². The summed E-state index contributed by atoms with van der Waals surface area (Å²) in [5, 5.41) is 5.46. The number of nitrogens with zero attached hydrogens (tertiary/aromatic N) is 1. The maximum atomic E-state index is 12.6. The van der Waals surface area contributed by atoms with Crippen LogP contribution in [0, 0.1) is 0 Å². The molecule has 0 bridgehead atoms. The molecule has 0 unspecified atom stereocenters. The molecule has 0 fully saturated rings. The minimum atomic E-state index is -4.57. The summed E-state index contributed by atoms with van der Waals surface area (Å²) in [5.41, 5.74) is -0.475. The molecule has 0 atom stereocenters. The van der Waals surface area contributed by atoms with Crippen LogP contribution in [0.4, 0.5) is 18.9 Å². The van der Waals surface area contributed by atoms with Crippen LogP contribution < -0.4 is 4.72 Å². The van der Waals surface area contributed by atoms with Gasteiger partial charge < -0.3 is 0 Å². The zero-order valence-electron chi connectivity index (χ0n) is 13.7. The molecular weight excluding hydrogens is 403 g/mol. The Morgan fingerprint density at radius 3 is 2.56 bits per heavy atom. The van der Waals surface area contributed by atoms with Gasteiger partial charge in [0.05, 0.1) is 4.88 Å². The molecule has 3 rings (SSSR count). The maximum Gasteiger partial charge on any atom is 0.432 e. The van der Waals surface area contributed by atoms with Crippen LogP contribution in [0.5, 0.6) is 0 Å². The number of aromatic amines is 1. The van der Waals surface area contributed by atoms with E-state index in [9.17, 15) is 26.4 Å². The van der Waals surface area contributed by atoms with E-state index in [4.69, 9.17) is 0 Å². The number of benzene rings is 1. The van der Waals surface area contributed by atoms with Crippen LogP contribution >= 0.6 is 11.3 Å². The highest BCUT2D eigenvalue weighted by molar-refractivity contribution is 7.94. The molecule has 27 heavy (non-hydrogen) atoms. The summed E-state index contributed by atoms with van der Waals surface area (Å²) in [4.78, 5) is 11.7. The van der Waals surface area contributed by atoms with Gasteiger partial charge in [-0.05, 0) is 37.3 Å². The molecule has 1 aromatic carbocycles. The molecule has 0 amide bonds. The van der Waals surface area contributed by atoms with Crippen molar-refractivity contribution in [2.45, 2.75) is 17.3 Å². The number of carbonyl (C=O) groups is 1. The second-order valence-electron chi connectivity index (χ2n) is 5.53. The summed E-state index contributed by atoms with van der Waals surface area (Å²) in [6.45, 7) is 1.36. The number of carbonyl (C=O) groups excluding carboxylic acids is 1.